The molecule has 28 heavy (non-hydrogen) atoms. The third-order valence-electron chi connectivity index (χ3n) is 4.62. The van der Waals surface area contributed by atoms with Gasteiger partial charge in [0, 0.05) is 28.6 Å². The zero-order valence-corrected chi connectivity index (χ0v) is 15.4. The predicted octanol–water partition coefficient (Wildman–Crippen LogP) is 4.53. The number of carbonyl (C=O) groups is 1. The van der Waals surface area contributed by atoms with E-state index in [2.05, 4.69) is 5.32 Å². The quantitative estimate of drug-likeness (QED) is 0.522. The molecule has 4 aromatic rings. The molecule has 5 heteroatoms. The lowest BCUT2D eigenvalue weighted by molar-refractivity contribution is -0.118. The van der Waals surface area contributed by atoms with Crippen molar-refractivity contribution in [3.63, 3.8) is 0 Å². The summed E-state index contributed by atoms with van der Waals surface area (Å²) < 4.78 is 10.9. The van der Waals surface area contributed by atoms with E-state index in [0.717, 1.165) is 33.8 Å². The Morgan fingerprint density at radius 2 is 1.82 bits per heavy atom. The van der Waals surface area contributed by atoms with E-state index in [1.54, 1.807) is 12.1 Å². The lowest BCUT2D eigenvalue weighted by Crippen LogP contribution is -2.20. The second kappa shape index (κ2) is 7.56. The molecule has 0 bridgehead atoms. The smallest absolute Gasteiger partial charge is 0.336 e. The molecule has 3 aromatic carbocycles. The largest absolute Gasteiger partial charge is 0.484 e. The summed E-state index contributed by atoms with van der Waals surface area (Å²) in [7, 11) is 0. The summed E-state index contributed by atoms with van der Waals surface area (Å²) in [5.41, 5.74) is 1.72. The Balaban J connectivity index is 1.49. The van der Waals surface area contributed by atoms with E-state index in [1.165, 1.54) is 6.07 Å². The van der Waals surface area contributed by atoms with Crippen molar-refractivity contribution in [2.24, 2.45) is 0 Å². The summed E-state index contributed by atoms with van der Waals surface area (Å²) in [6, 6.07) is 20.4. The normalized spacial score (nSPS) is 10.9. The minimum Gasteiger partial charge on any atom is -0.484 e. The van der Waals surface area contributed by atoms with Crippen LogP contribution in [0.5, 0.6) is 5.75 Å². The van der Waals surface area contributed by atoms with Gasteiger partial charge in [-0.2, -0.15) is 0 Å². The molecule has 0 aliphatic rings. The molecule has 140 valence electrons. The van der Waals surface area contributed by atoms with Crippen molar-refractivity contribution in [3.8, 4) is 5.75 Å². The van der Waals surface area contributed by atoms with Gasteiger partial charge in [0.15, 0.2) is 6.61 Å². The van der Waals surface area contributed by atoms with Crippen LogP contribution in [-0.4, -0.2) is 12.5 Å². The molecule has 0 aliphatic carbocycles. The van der Waals surface area contributed by atoms with Gasteiger partial charge in [-0.25, -0.2) is 4.79 Å². The number of hydrogen-bond acceptors (Lipinski definition) is 4. The van der Waals surface area contributed by atoms with Crippen LogP contribution in [-0.2, 0) is 11.2 Å². The number of anilines is 1. The maximum Gasteiger partial charge on any atom is 0.336 e. The first-order valence-corrected chi connectivity index (χ1v) is 9.11. The molecular weight excluding hydrogens is 354 g/mol. The van der Waals surface area contributed by atoms with Gasteiger partial charge in [0.2, 0.25) is 0 Å². The van der Waals surface area contributed by atoms with Gasteiger partial charge in [0.05, 0.1) is 0 Å². The molecule has 0 saturated heterocycles. The highest BCUT2D eigenvalue weighted by Crippen LogP contribution is 2.24. The number of carbonyl (C=O) groups excluding carboxylic acids is 1. The molecular formula is C23H19NO4. The third kappa shape index (κ3) is 3.60. The SMILES string of the molecule is CCc1cc(=O)oc2cc(OCC(=O)Nc3cccc4ccccc34)ccc12. The van der Waals surface area contributed by atoms with Gasteiger partial charge in [0.1, 0.15) is 11.3 Å². The van der Waals surface area contributed by atoms with Gasteiger partial charge < -0.3 is 14.5 Å². The summed E-state index contributed by atoms with van der Waals surface area (Å²) in [6.45, 7) is 1.84. The zero-order chi connectivity index (χ0) is 19.5. The van der Waals surface area contributed by atoms with E-state index in [9.17, 15) is 9.59 Å². The van der Waals surface area contributed by atoms with Crippen molar-refractivity contribution < 1.29 is 13.9 Å². The van der Waals surface area contributed by atoms with Crippen LogP contribution in [0.2, 0.25) is 0 Å². The van der Waals surface area contributed by atoms with Gasteiger partial charge in [-0.15, -0.1) is 0 Å². The van der Waals surface area contributed by atoms with E-state index >= 15 is 0 Å². The predicted molar refractivity (Wildman–Crippen MR) is 110 cm³/mol. The highest BCUT2D eigenvalue weighted by atomic mass is 16.5. The molecule has 4 rings (SSSR count). The van der Waals surface area contributed by atoms with Crippen LogP contribution in [0.3, 0.4) is 0 Å². The summed E-state index contributed by atoms with van der Waals surface area (Å²) in [6.07, 6.45) is 0.732. The molecule has 5 nitrogen and oxygen atoms in total. The Morgan fingerprint density at radius 3 is 2.68 bits per heavy atom. The molecule has 0 fully saturated rings. The number of nitrogens with one attached hydrogen (secondary N) is 1. The van der Waals surface area contributed by atoms with Crippen LogP contribution in [0.25, 0.3) is 21.7 Å². The van der Waals surface area contributed by atoms with E-state index < -0.39 is 5.63 Å². The Bertz CT molecular complexity index is 1220. The molecule has 1 aromatic heterocycles. The van der Waals surface area contributed by atoms with Gasteiger partial charge >= 0.3 is 5.63 Å². The molecule has 1 amide bonds. The van der Waals surface area contributed by atoms with E-state index in [1.807, 2.05) is 55.5 Å². The molecule has 0 radical (unpaired) electrons. The average Bonchev–Trinajstić information content (AvgIpc) is 2.71. The summed E-state index contributed by atoms with van der Waals surface area (Å²) in [4.78, 5) is 24.0. The fourth-order valence-corrected chi connectivity index (χ4v) is 3.26. The first-order chi connectivity index (χ1) is 13.6. The Kier molecular flexibility index (Phi) is 4.81. The lowest BCUT2D eigenvalue weighted by atomic mass is 10.1. The second-order valence-electron chi connectivity index (χ2n) is 6.47. The number of ether oxygens (including phenoxy) is 1. The first kappa shape index (κ1) is 17.8. The Labute approximate surface area is 161 Å². The number of fused-ring (bicyclic) bond motifs is 2. The highest BCUT2D eigenvalue weighted by Gasteiger charge is 2.09. The molecule has 0 spiro atoms. The Hall–Kier alpha value is -3.60. The van der Waals surface area contributed by atoms with Crippen LogP contribution in [0, 0.1) is 0 Å². The molecule has 1 N–H and O–H groups in total. The maximum absolute atomic E-state index is 12.3. The van der Waals surface area contributed by atoms with Crippen molar-refractivity contribution in [1.29, 1.82) is 0 Å². The monoisotopic (exact) mass is 373 g/mol. The van der Waals surface area contributed by atoms with Gasteiger partial charge in [-0.1, -0.05) is 43.3 Å². The summed E-state index contributed by atoms with van der Waals surface area (Å²) >= 11 is 0. The van der Waals surface area contributed by atoms with E-state index in [0.29, 0.717) is 11.3 Å². The minimum atomic E-state index is -0.393. The van der Waals surface area contributed by atoms with E-state index in [4.69, 9.17) is 9.15 Å². The fraction of sp³-hybridized carbons (Fsp3) is 0.130. The fourth-order valence-electron chi connectivity index (χ4n) is 3.26. The van der Waals surface area contributed by atoms with Crippen molar-refractivity contribution in [3.05, 3.63) is 82.7 Å². The molecule has 0 saturated carbocycles. The molecule has 0 unspecified atom stereocenters. The minimum absolute atomic E-state index is 0.146. The topological polar surface area (TPSA) is 68.5 Å². The van der Waals surface area contributed by atoms with E-state index in [-0.39, 0.29) is 12.5 Å². The van der Waals surface area contributed by atoms with Gasteiger partial charge in [-0.05, 0) is 35.6 Å². The van der Waals surface area contributed by atoms with Crippen LogP contribution < -0.4 is 15.7 Å². The highest BCUT2D eigenvalue weighted by molar-refractivity contribution is 6.02. The first-order valence-electron chi connectivity index (χ1n) is 9.11. The average molecular weight is 373 g/mol. The maximum atomic E-state index is 12.3. The second-order valence-corrected chi connectivity index (χ2v) is 6.47. The summed E-state index contributed by atoms with van der Waals surface area (Å²) in [5.74, 6) is 0.206. The number of rotatable bonds is 5. The van der Waals surface area contributed by atoms with Gasteiger partial charge in [-0.3, -0.25) is 4.79 Å². The lowest BCUT2D eigenvalue weighted by Gasteiger charge is -2.10. The van der Waals surface area contributed by atoms with Gasteiger partial charge in [0.25, 0.3) is 5.91 Å². The van der Waals surface area contributed by atoms with Crippen LogP contribution in [0.15, 0.2) is 75.9 Å². The number of hydrogen-bond donors (Lipinski definition) is 1. The van der Waals surface area contributed by atoms with Crippen molar-refractivity contribution >= 4 is 33.3 Å². The van der Waals surface area contributed by atoms with Crippen molar-refractivity contribution in [2.75, 3.05) is 11.9 Å². The molecule has 0 aliphatic heterocycles. The summed E-state index contributed by atoms with van der Waals surface area (Å²) in [5, 5.41) is 5.78. The third-order valence-corrected chi connectivity index (χ3v) is 4.62. The van der Waals surface area contributed by atoms with Crippen molar-refractivity contribution in [1.82, 2.24) is 0 Å². The molecule has 0 atom stereocenters. The zero-order valence-electron chi connectivity index (χ0n) is 15.4. The van der Waals surface area contributed by atoms with Crippen LogP contribution in [0.4, 0.5) is 5.69 Å². The Morgan fingerprint density at radius 1 is 1.00 bits per heavy atom. The van der Waals surface area contributed by atoms with Crippen LogP contribution >= 0.6 is 0 Å². The van der Waals surface area contributed by atoms with Crippen LogP contribution in [0.1, 0.15) is 12.5 Å². The van der Waals surface area contributed by atoms with Crippen molar-refractivity contribution in [2.45, 2.75) is 13.3 Å². The standard InChI is InChI=1S/C23H19NO4/c1-2-15-12-23(26)28-21-13-17(10-11-19(15)21)27-14-22(25)24-20-9-5-7-16-6-3-4-8-18(16)20/h3-13H,2,14H2,1H3,(H,24,25). The number of aryl methyl sites for hydroxylation is 1. The molecule has 1 heterocycles. The number of benzene rings is 3. The number of amides is 1.